The minimum absolute atomic E-state index is 0.0771. The third kappa shape index (κ3) is 3.03. The zero-order valence-electron chi connectivity index (χ0n) is 11.5. The summed E-state index contributed by atoms with van der Waals surface area (Å²) in [7, 11) is 0. The molecule has 2 aromatic carbocycles. The number of rotatable bonds is 3. The highest BCUT2D eigenvalue weighted by molar-refractivity contribution is 7.99. The van der Waals surface area contributed by atoms with E-state index in [9.17, 15) is 9.18 Å². The standard InChI is InChI=1S/C16H15FN2OS/c1-10(20)18-11-6-7-13(17)14(8-11)19-15-9-21-16-5-3-2-4-12(15)16/h2-8,15,19H,9H2,1H3,(H,18,20). The molecule has 0 fully saturated rings. The van der Waals surface area contributed by atoms with Gasteiger partial charge in [0.1, 0.15) is 5.82 Å². The van der Waals surface area contributed by atoms with Crippen molar-refractivity contribution < 1.29 is 9.18 Å². The molecule has 1 atom stereocenters. The maximum atomic E-state index is 14.0. The SMILES string of the molecule is CC(=O)Nc1ccc(F)c(NC2CSc3ccccc32)c1. The molecule has 0 bridgehead atoms. The van der Waals surface area contributed by atoms with Crippen LogP contribution >= 0.6 is 11.8 Å². The van der Waals surface area contributed by atoms with Crippen molar-refractivity contribution in [2.75, 3.05) is 16.4 Å². The molecule has 1 aliphatic rings. The Labute approximate surface area is 126 Å². The Bertz CT molecular complexity index is 690. The molecule has 1 unspecified atom stereocenters. The zero-order chi connectivity index (χ0) is 14.8. The molecule has 0 aliphatic carbocycles. The van der Waals surface area contributed by atoms with Crippen LogP contribution in [-0.4, -0.2) is 11.7 Å². The molecule has 2 N–H and O–H groups in total. The molecule has 0 aromatic heterocycles. The van der Waals surface area contributed by atoms with Crippen LogP contribution in [0.15, 0.2) is 47.4 Å². The number of fused-ring (bicyclic) bond motifs is 1. The summed E-state index contributed by atoms with van der Waals surface area (Å²) < 4.78 is 14.0. The summed E-state index contributed by atoms with van der Waals surface area (Å²) in [4.78, 5) is 12.3. The highest BCUT2D eigenvalue weighted by atomic mass is 32.2. The largest absolute Gasteiger partial charge is 0.375 e. The van der Waals surface area contributed by atoms with Gasteiger partial charge in [-0.25, -0.2) is 4.39 Å². The van der Waals surface area contributed by atoms with Crippen LogP contribution in [0.3, 0.4) is 0 Å². The Kier molecular flexibility index (Phi) is 3.84. The quantitative estimate of drug-likeness (QED) is 0.899. The molecule has 1 heterocycles. The maximum Gasteiger partial charge on any atom is 0.221 e. The number of carbonyl (C=O) groups is 1. The Balaban J connectivity index is 1.84. The monoisotopic (exact) mass is 302 g/mol. The van der Waals surface area contributed by atoms with Crippen LogP contribution in [-0.2, 0) is 4.79 Å². The van der Waals surface area contributed by atoms with E-state index in [0.29, 0.717) is 11.4 Å². The van der Waals surface area contributed by atoms with Gasteiger partial charge in [-0.15, -0.1) is 11.8 Å². The number of anilines is 2. The average molecular weight is 302 g/mol. The molecule has 3 rings (SSSR count). The molecule has 0 saturated carbocycles. The van der Waals surface area contributed by atoms with Crippen molar-refractivity contribution in [2.24, 2.45) is 0 Å². The molecule has 0 saturated heterocycles. The van der Waals surface area contributed by atoms with Crippen LogP contribution in [0.25, 0.3) is 0 Å². The van der Waals surface area contributed by atoms with Gasteiger partial charge in [0.05, 0.1) is 11.7 Å². The van der Waals surface area contributed by atoms with E-state index in [1.807, 2.05) is 12.1 Å². The third-order valence-electron chi connectivity index (χ3n) is 3.32. The predicted molar refractivity (Wildman–Crippen MR) is 84.2 cm³/mol. The lowest BCUT2D eigenvalue weighted by Gasteiger charge is -2.16. The van der Waals surface area contributed by atoms with E-state index in [1.54, 1.807) is 23.9 Å². The van der Waals surface area contributed by atoms with E-state index < -0.39 is 0 Å². The molecule has 1 aliphatic heterocycles. The first-order valence-corrected chi connectivity index (χ1v) is 7.67. The minimum atomic E-state index is -0.321. The number of hydrogen-bond acceptors (Lipinski definition) is 3. The number of nitrogens with one attached hydrogen (secondary N) is 2. The van der Waals surface area contributed by atoms with Crippen molar-refractivity contribution in [2.45, 2.75) is 17.9 Å². The van der Waals surface area contributed by atoms with Gasteiger partial charge in [-0.3, -0.25) is 4.79 Å². The predicted octanol–water partition coefficient (Wildman–Crippen LogP) is 4.04. The molecular formula is C16H15FN2OS. The van der Waals surface area contributed by atoms with Gasteiger partial charge in [0.2, 0.25) is 5.91 Å². The van der Waals surface area contributed by atoms with E-state index in [-0.39, 0.29) is 17.8 Å². The average Bonchev–Trinajstić information content (AvgIpc) is 2.85. The molecule has 3 nitrogen and oxygen atoms in total. The Hall–Kier alpha value is -2.01. The van der Waals surface area contributed by atoms with E-state index in [4.69, 9.17) is 0 Å². The summed E-state index contributed by atoms with van der Waals surface area (Å²) in [6.45, 7) is 1.43. The first-order chi connectivity index (χ1) is 10.1. The number of thioether (sulfide) groups is 1. The maximum absolute atomic E-state index is 14.0. The lowest BCUT2D eigenvalue weighted by atomic mass is 10.1. The van der Waals surface area contributed by atoms with Crippen molar-refractivity contribution in [3.63, 3.8) is 0 Å². The Morgan fingerprint density at radius 1 is 1.29 bits per heavy atom. The van der Waals surface area contributed by atoms with Crippen molar-refractivity contribution in [3.05, 3.63) is 53.8 Å². The molecule has 5 heteroatoms. The minimum Gasteiger partial charge on any atom is -0.375 e. The first-order valence-electron chi connectivity index (χ1n) is 6.69. The number of benzene rings is 2. The van der Waals surface area contributed by atoms with Crippen molar-refractivity contribution in [1.82, 2.24) is 0 Å². The smallest absolute Gasteiger partial charge is 0.221 e. The molecule has 0 radical (unpaired) electrons. The summed E-state index contributed by atoms with van der Waals surface area (Å²) in [5.41, 5.74) is 2.18. The second kappa shape index (κ2) is 5.77. The van der Waals surface area contributed by atoms with Gasteiger partial charge in [-0.05, 0) is 29.8 Å². The highest BCUT2D eigenvalue weighted by Crippen LogP contribution is 2.40. The zero-order valence-corrected chi connectivity index (χ0v) is 12.3. The number of halogens is 1. The van der Waals surface area contributed by atoms with Gasteiger partial charge in [0.15, 0.2) is 0 Å². The van der Waals surface area contributed by atoms with E-state index in [1.165, 1.54) is 23.4 Å². The molecule has 2 aromatic rings. The Morgan fingerprint density at radius 2 is 2.10 bits per heavy atom. The van der Waals surface area contributed by atoms with Gasteiger partial charge >= 0.3 is 0 Å². The third-order valence-corrected chi connectivity index (χ3v) is 4.50. The van der Waals surface area contributed by atoms with E-state index in [2.05, 4.69) is 22.8 Å². The van der Waals surface area contributed by atoms with E-state index >= 15 is 0 Å². The Morgan fingerprint density at radius 3 is 2.90 bits per heavy atom. The van der Waals surface area contributed by atoms with Crippen LogP contribution in [0.5, 0.6) is 0 Å². The molecule has 108 valence electrons. The number of hydrogen-bond donors (Lipinski definition) is 2. The van der Waals surface area contributed by atoms with Gasteiger partial charge in [0, 0.05) is 23.3 Å². The topological polar surface area (TPSA) is 41.1 Å². The summed E-state index contributed by atoms with van der Waals surface area (Å²) in [5, 5.41) is 5.90. The van der Waals surface area contributed by atoms with Gasteiger partial charge < -0.3 is 10.6 Å². The van der Waals surface area contributed by atoms with Crippen molar-refractivity contribution in [3.8, 4) is 0 Å². The number of amides is 1. The molecular weight excluding hydrogens is 287 g/mol. The lowest BCUT2D eigenvalue weighted by molar-refractivity contribution is -0.114. The summed E-state index contributed by atoms with van der Waals surface area (Å²) in [6.07, 6.45) is 0. The van der Waals surface area contributed by atoms with Gasteiger partial charge in [-0.2, -0.15) is 0 Å². The van der Waals surface area contributed by atoms with Crippen LogP contribution in [0.1, 0.15) is 18.5 Å². The van der Waals surface area contributed by atoms with Crippen LogP contribution in [0.2, 0.25) is 0 Å². The molecule has 0 spiro atoms. The molecule has 21 heavy (non-hydrogen) atoms. The fourth-order valence-electron chi connectivity index (χ4n) is 2.39. The van der Waals surface area contributed by atoms with Gasteiger partial charge in [0.25, 0.3) is 0 Å². The van der Waals surface area contributed by atoms with Crippen molar-refractivity contribution in [1.29, 1.82) is 0 Å². The van der Waals surface area contributed by atoms with Gasteiger partial charge in [-0.1, -0.05) is 18.2 Å². The normalized spacial score (nSPS) is 16.4. The van der Waals surface area contributed by atoms with Crippen LogP contribution in [0.4, 0.5) is 15.8 Å². The fourth-order valence-corrected chi connectivity index (χ4v) is 3.55. The number of carbonyl (C=O) groups excluding carboxylic acids is 1. The van der Waals surface area contributed by atoms with Crippen LogP contribution < -0.4 is 10.6 Å². The van der Waals surface area contributed by atoms with Crippen LogP contribution in [0, 0.1) is 5.82 Å². The summed E-state index contributed by atoms with van der Waals surface area (Å²) in [6, 6.07) is 12.8. The highest BCUT2D eigenvalue weighted by Gasteiger charge is 2.23. The molecule has 1 amide bonds. The second-order valence-corrected chi connectivity index (χ2v) is 5.98. The summed E-state index contributed by atoms with van der Waals surface area (Å²) in [5.74, 6) is 0.371. The van der Waals surface area contributed by atoms with Crippen molar-refractivity contribution >= 4 is 29.0 Å². The second-order valence-electron chi connectivity index (χ2n) is 4.92. The summed E-state index contributed by atoms with van der Waals surface area (Å²) >= 11 is 1.76. The lowest BCUT2D eigenvalue weighted by Crippen LogP contribution is -2.12. The van der Waals surface area contributed by atoms with E-state index in [0.717, 1.165) is 5.75 Å². The first kappa shape index (κ1) is 13.9. The fraction of sp³-hybridized carbons (Fsp3) is 0.188.